The van der Waals surface area contributed by atoms with Gasteiger partial charge in [0.15, 0.2) is 12.2 Å². The van der Waals surface area contributed by atoms with Crippen molar-refractivity contribution >= 4 is 6.09 Å². The molecule has 0 aromatic carbocycles. The van der Waals surface area contributed by atoms with Gasteiger partial charge in [-0.25, -0.2) is 4.79 Å². The quantitative estimate of drug-likeness (QED) is 0.424. The van der Waals surface area contributed by atoms with E-state index in [2.05, 4.69) is 10.2 Å². The van der Waals surface area contributed by atoms with Gasteiger partial charge in [-0.15, -0.1) is 10.1 Å². The number of carbonyl (C=O) groups is 1. The Bertz CT molecular complexity index is 365. The average molecular weight is 290 g/mol. The van der Waals surface area contributed by atoms with Gasteiger partial charge in [0.25, 0.3) is 5.09 Å². The van der Waals surface area contributed by atoms with Crippen LogP contribution in [0.2, 0.25) is 0 Å². The standard InChI is InChI=1S/C11H18N2O7/c1-2-3-4-12-11(14)19-7-5-17-10-8(20-13(15)16)6-18-9(7)10/h7-10H,2-6H2,1H3,(H,12,14). The van der Waals surface area contributed by atoms with Gasteiger partial charge in [0.2, 0.25) is 0 Å². The van der Waals surface area contributed by atoms with Crippen molar-refractivity contribution in [3.05, 3.63) is 10.1 Å². The van der Waals surface area contributed by atoms with Crippen LogP contribution in [0.15, 0.2) is 0 Å². The van der Waals surface area contributed by atoms with Crippen LogP contribution in [0.5, 0.6) is 0 Å². The third kappa shape index (κ3) is 3.48. The van der Waals surface area contributed by atoms with Crippen LogP contribution in [0.25, 0.3) is 0 Å². The van der Waals surface area contributed by atoms with Crippen molar-refractivity contribution in [1.29, 1.82) is 0 Å². The molecule has 9 nitrogen and oxygen atoms in total. The minimum Gasteiger partial charge on any atom is -0.441 e. The van der Waals surface area contributed by atoms with E-state index in [1.165, 1.54) is 0 Å². The van der Waals surface area contributed by atoms with Gasteiger partial charge in [-0.1, -0.05) is 13.3 Å². The van der Waals surface area contributed by atoms with E-state index in [-0.39, 0.29) is 13.2 Å². The SMILES string of the molecule is CCCCNC(=O)OC1COC2C(O[N+](=O)[O-])COC12. The van der Waals surface area contributed by atoms with Gasteiger partial charge >= 0.3 is 6.09 Å². The number of carbonyl (C=O) groups excluding carboxylic acids is 1. The van der Waals surface area contributed by atoms with E-state index in [1.807, 2.05) is 6.92 Å². The molecule has 0 spiro atoms. The lowest BCUT2D eigenvalue weighted by Crippen LogP contribution is -2.38. The van der Waals surface area contributed by atoms with Crippen LogP contribution in [0.1, 0.15) is 19.8 Å². The van der Waals surface area contributed by atoms with Crippen molar-refractivity contribution in [3.8, 4) is 0 Å². The fourth-order valence-electron chi connectivity index (χ4n) is 2.28. The van der Waals surface area contributed by atoms with E-state index in [0.29, 0.717) is 6.54 Å². The molecule has 0 radical (unpaired) electrons. The van der Waals surface area contributed by atoms with Gasteiger partial charge in [0.05, 0.1) is 13.2 Å². The van der Waals surface area contributed by atoms with Gasteiger partial charge in [-0.2, -0.15) is 0 Å². The number of hydrogen-bond acceptors (Lipinski definition) is 7. The monoisotopic (exact) mass is 290 g/mol. The van der Waals surface area contributed by atoms with Gasteiger partial charge in [-0.05, 0) is 6.42 Å². The van der Waals surface area contributed by atoms with Crippen molar-refractivity contribution in [2.24, 2.45) is 0 Å². The molecule has 2 fully saturated rings. The second kappa shape index (κ2) is 6.71. The maximum absolute atomic E-state index is 11.5. The number of hydrogen-bond donors (Lipinski definition) is 1. The van der Waals surface area contributed by atoms with Crippen LogP contribution >= 0.6 is 0 Å². The number of fused-ring (bicyclic) bond motifs is 1. The summed E-state index contributed by atoms with van der Waals surface area (Å²) in [4.78, 5) is 26.3. The molecule has 2 rings (SSSR count). The lowest BCUT2D eigenvalue weighted by atomic mass is 10.1. The van der Waals surface area contributed by atoms with E-state index in [1.54, 1.807) is 0 Å². The maximum Gasteiger partial charge on any atom is 0.407 e. The molecular weight excluding hydrogens is 272 g/mol. The number of amides is 1. The Labute approximate surface area is 115 Å². The molecule has 1 N–H and O–H groups in total. The van der Waals surface area contributed by atoms with Crippen molar-refractivity contribution in [3.63, 3.8) is 0 Å². The van der Waals surface area contributed by atoms with E-state index in [0.717, 1.165) is 12.8 Å². The lowest BCUT2D eigenvalue weighted by Gasteiger charge is -2.16. The fraction of sp³-hybridized carbons (Fsp3) is 0.909. The molecule has 0 saturated carbocycles. The summed E-state index contributed by atoms with van der Waals surface area (Å²) in [5, 5.41) is 12.1. The van der Waals surface area contributed by atoms with Gasteiger partial charge in [0, 0.05) is 6.54 Å². The summed E-state index contributed by atoms with van der Waals surface area (Å²) >= 11 is 0. The minimum absolute atomic E-state index is 0.0492. The predicted molar refractivity (Wildman–Crippen MR) is 64.5 cm³/mol. The van der Waals surface area contributed by atoms with Crippen LogP contribution in [-0.4, -0.2) is 55.4 Å². The third-order valence-corrected chi connectivity index (χ3v) is 3.24. The Morgan fingerprint density at radius 1 is 1.35 bits per heavy atom. The van der Waals surface area contributed by atoms with E-state index < -0.39 is 35.6 Å². The number of unbranched alkanes of at least 4 members (excludes halogenated alkanes) is 1. The Hall–Kier alpha value is -1.61. The highest BCUT2D eigenvalue weighted by atomic mass is 17.0. The molecule has 2 heterocycles. The number of rotatable bonds is 6. The summed E-state index contributed by atoms with van der Waals surface area (Å²) in [6.45, 7) is 2.76. The Morgan fingerprint density at radius 3 is 2.65 bits per heavy atom. The van der Waals surface area contributed by atoms with Gasteiger partial charge in [-0.3, -0.25) is 0 Å². The number of ether oxygens (including phenoxy) is 3. The van der Waals surface area contributed by atoms with Crippen molar-refractivity contribution in [1.82, 2.24) is 5.32 Å². The number of alkyl carbamates (subject to hydrolysis) is 1. The molecule has 0 aromatic rings. The molecule has 20 heavy (non-hydrogen) atoms. The summed E-state index contributed by atoms with van der Waals surface area (Å²) in [7, 11) is 0. The van der Waals surface area contributed by atoms with Crippen LogP contribution in [0.4, 0.5) is 4.79 Å². The largest absolute Gasteiger partial charge is 0.441 e. The third-order valence-electron chi connectivity index (χ3n) is 3.24. The van der Waals surface area contributed by atoms with E-state index in [4.69, 9.17) is 14.2 Å². The smallest absolute Gasteiger partial charge is 0.407 e. The normalized spacial score (nSPS) is 31.6. The topological polar surface area (TPSA) is 109 Å². The molecule has 2 aliphatic heterocycles. The molecule has 114 valence electrons. The first-order valence-corrected chi connectivity index (χ1v) is 6.60. The fourth-order valence-corrected chi connectivity index (χ4v) is 2.28. The first kappa shape index (κ1) is 14.8. The first-order chi connectivity index (χ1) is 9.61. The van der Waals surface area contributed by atoms with E-state index >= 15 is 0 Å². The molecule has 2 saturated heterocycles. The number of nitrogens with one attached hydrogen (secondary N) is 1. The summed E-state index contributed by atoms with van der Waals surface area (Å²) in [6, 6.07) is 0. The Balaban J connectivity index is 1.78. The molecular formula is C11H18N2O7. The zero-order valence-electron chi connectivity index (χ0n) is 11.1. The highest BCUT2D eigenvalue weighted by Crippen LogP contribution is 2.30. The van der Waals surface area contributed by atoms with Gasteiger partial charge < -0.3 is 24.4 Å². The van der Waals surface area contributed by atoms with Crippen LogP contribution in [-0.2, 0) is 19.0 Å². The molecule has 0 bridgehead atoms. The minimum atomic E-state index is -0.870. The average Bonchev–Trinajstić information content (AvgIpc) is 2.94. The summed E-state index contributed by atoms with van der Waals surface area (Å²) < 4.78 is 15.9. The molecule has 0 aliphatic carbocycles. The highest BCUT2D eigenvalue weighted by Gasteiger charge is 2.51. The zero-order chi connectivity index (χ0) is 14.5. The van der Waals surface area contributed by atoms with Crippen LogP contribution < -0.4 is 5.32 Å². The maximum atomic E-state index is 11.5. The van der Waals surface area contributed by atoms with Crippen molar-refractivity contribution in [2.75, 3.05) is 19.8 Å². The summed E-state index contributed by atoms with van der Waals surface area (Å²) in [6.07, 6.45) is -1.12. The van der Waals surface area contributed by atoms with Crippen molar-refractivity contribution in [2.45, 2.75) is 44.2 Å². The van der Waals surface area contributed by atoms with E-state index in [9.17, 15) is 14.9 Å². The zero-order valence-corrected chi connectivity index (χ0v) is 11.1. The second-order valence-corrected chi connectivity index (χ2v) is 4.69. The Morgan fingerprint density at radius 2 is 2.00 bits per heavy atom. The highest BCUT2D eigenvalue weighted by molar-refractivity contribution is 5.67. The van der Waals surface area contributed by atoms with Gasteiger partial charge in [0.1, 0.15) is 12.2 Å². The molecule has 0 aromatic heterocycles. The second-order valence-electron chi connectivity index (χ2n) is 4.69. The molecule has 1 amide bonds. The molecule has 4 unspecified atom stereocenters. The molecule has 9 heteroatoms. The Kier molecular flexibility index (Phi) is 4.96. The summed E-state index contributed by atoms with van der Waals surface area (Å²) in [5.74, 6) is 0. The van der Waals surface area contributed by atoms with Crippen LogP contribution in [0.3, 0.4) is 0 Å². The van der Waals surface area contributed by atoms with Crippen LogP contribution in [0, 0.1) is 10.1 Å². The predicted octanol–water partition coefficient (Wildman–Crippen LogP) is 0.256. The molecule has 4 atom stereocenters. The lowest BCUT2D eigenvalue weighted by molar-refractivity contribution is -0.769. The number of nitrogens with zero attached hydrogens (tertiary/aromatic N) is 1. The summed E-state index contributed by atoms with van der Waals surface area (Å²) in [5.41, 5.74) is 0. The van der Waals surface area contributed by atoms with Crippen molar-refractivity contribution < 1.29 is 28.9 Å². The molecule has 2 aliphatic rings. The first-order valence-electron chi connectivity index (χ1n) is 6.60.